The van der Waals surface area contributed by atoms with Crippen molar-refractivity contribution in [3.63, 3.8) is 0 Å². The van der Waals surface area contributed by atoms with E-state index < -0.39 is 0 Å². The second-order valence-corrected chi connectivity index (χ2v) is 7.49. The molecule has 146 valence electrons. The minimum Gasteiger partial charge on any atom is -0.352 e. The van der Waals surface area contributed by atoms with E-state index in [-0.39, 0.29) is 5.91 Å². The van der Waals surface area contributed by atoms with Crippen LogP contribution in [-0.4, -0.2) is 22.2 Å². The van der Waals surface area contributed by atoms with Crippen LogP contribution in [-0.2, 0) is 13.0 Å². The first-order valence-corrected chi connectivity index (χ1v) is 10.1. The molecule has 3 aromatic carbocycles. The Kier molecular flexibility index (Phi) is 5.92. The molecule has 0 unspecified atom stereocenters. The molecule has 29 heavy (non-hydrogen) atoms. The molecule has 0 saturated carbocycles. The number of hydrogen-bond acceptors (Lipinski definition) is 2. The second-order valence-electron chi connectivity index (χ2n) is 7.05. The Morgan fingerprint density at radius 1 is 0.966 bits per heavy atom. The van der Waals surface area contributed by atoms with Crippen LogP contribution >= 0.6 is 11.6 Å². The van der Waals surface area contributed by atoms with E-state index in [4.69, 9.17) is 11.6 Å². The predicted molar refractivity (Wildman–Crippen MR) is 117 cm³/mol. The molecule has 0 aliphatic rings. The molecule has 1 heterocycles. The van der Waals surface area contributed by atoms with Crippen LogP contribution in [0.25, 0.3) is 10.9 Å². The van der Waals surface area contributed by atoms with Crippen LogP contribution in [0, 0.1) is 0 Å². The van der Waals surface area contributed by atoms with Crippen molar-refractivity contribution in [3.05, 3.63) is 101 Å². The maximum Gasteiger partial charge on any atom is 0.251 e. The van der Waals surface area contributed by atoms with Crippen LogP contribution in [0.1, 0.15) is 27.9 Å². The SMILES string of the molecule is O=C(NCCCc1ccccc1)c1ccc2cnn(Cc3cccc(Cl)c3)c2c1. The van der Waals surface area contributed by atoms with Crippen molar-refractivity contribution < 1.29 is 4.79 Å². The highest BCUT2D eigenvalue weighted by atomic mass is 35.5. The third-order valence-electron chi connectivity index (χ3n) is 4.90. The molecule has 0 radical (unpaired) electrons. The van der Waals surface area contributed by atoms with Crippen LogP contribution in [0.5, 0.6) is 0 Å². The van der Waals surface area contributed by atoms with Gasteiger partial charge in [0.15, 0.2) is 0 Å². The summed E-state index contributed by atoms with van der Waals surface area (Å²) in [5, 5.41) is 9.20. The quantitative estimate of drug-likeness (QED) is 0.436. The summed E-state index contributed by atoms with van der Waals surface area (Å²) < 4.78 is 1.90. The van der Waals surface area contributed by atoms with Gasteiger partial charge >= 0.3 is 0 Å². The van der Waals surface area contributed by atoms with E-state index in [1.54, 1.807) is 0 Å². The molecular formula is C24H22ClN3O. The first-order valence-electron chi connectivity index (χ1n) is 9.71. The van der Waals surface area contributed by atoms with Gasteiger partial charge in [0.25, 0.3) is 5.91 Å². The molecule has 4 aromatic rings. The smallest absolute Gasteiger partial charge is 0.251 e. The van der Waals surface area contributed by atoms with Crippen molar-refractivity contribution in [3.8, 4) is 0 Å². The molecule has 0 aliphatic carbocycles. The number of nitrogens with one attached hydrogen (secondary N) is 1. The highest BCUT2D eigenvalue weighted by Gasteiger charge is 2.10. The average Bonchev–Trinajstić information content (AvgIpc) is 3.14. The van der Waals surface area contributed by atoms with Crippen LogP contribution < -0.4 is 5.32 Å². The van der Waals surface area contributed by atoms with Gasteiger partial charge in [-0.3, -0.25) is 9.48 Å². The zero-order chi connectivity index (χ0) is 20.1. The van der Waals surface area contributed by atoms with Crippen LogP contribution in [0.3, 0.4) is 0 Å². The summed E-state index contributed by atoms with van der Waals surface area (Å²) in [6, 6.07) is 23.7. The van der Waals surface area contributed by atoms with Gasteiger partial charge in [0, 0.05) is 22.5 Å². The Morgan fingerprint density at radius 3 is 2.62 bits per heavy atom. The number of fused-ring (bicyclic) bond motifs is 1. The van der Waals surface area contributed by atoms with E-state index in [1.165, 1.54) is 5.56 Å². The van der Waals surface area contributed by atoms with Crippen LogP contribution in [0.15, 0.2) is 79.0 Å². The fraction of sp³-hybridized carbons (Fsp3) is 0.167. The van der Waals surface area contributed by atoms with Crippen LogP contribution in [0.4, 0.5) is 0 Å². The third-order valence-corrected chi connectivity index (χ3v) is 5.13. The Hall–Kier alpha value is -3.11. The van der Waals surface area contributed by atoms with Crippen molar-refractivity contribution in [1.29, 1.82) is 0 Å². The molecule has 4 rings (SSSR count). The van der Waals surface area contributed by atoms with Gasteiger partial charge in [-0.2, -0.15) is 5.10 Å². The van der Waals surface area contributed by atoms with E-state index in [0.29, 0.717) is 23.7 Å². The number of carbonyl (C=O) groups is 1. The molecule has 1 N–H and O–H groups in total. The molecule has 5 heteroatoms. The summed E-state index contributed by atoms with van der Waals surface area (Å²) in [6.45, 7) is 1.25. The van der Waals surface area contributed by atoms with Gasteiger partial charge in [-0.25, -0.2) is 0 Å². The van der Waals surface area contributed by atoms with E-state index in [1.807, 2.05) is 71.5 Å². The van der Waals surface area contributed by atoms with Gasteiger partial charge in [0.05, 0.1) is 18.3 Å². The highest BCUT2D eigenvalue weighted by Crippen LogP contribution is 2.18. The van der Waals surface area contributed by atoms with Crippen molar-refractivity contribution in [1.82, 2.24) is 15.1 Å². The second kappa shape index (κ2) is 8.93. The lowest BCUT2D eigenvalue weighted by atomic mass is 10.1. The van der Waals surface area contributed by atoms with Gasteiger partial charge in [-0.15, -0.1) is 0 Å². The minimum absolute atomic E-state index is 0.0598. The van der Waals surface area contributed by atoms with Crippen molar-refractivity contribution in [2.45, 2.75) is 19.4 Å². The van der Waals surface area contributed by atoms with Gasteiger partial charge in [0.2, 0.25) is 0 Å². The molecule has 1 amide bonds. The fourth-order valence-corrected chi connectivity index (χ4v) is 3.60. The van der Waals surface area contributed by atoms with E-state index in [9.17, 15) is 4.79 Å². The molecule has 1 aromatic heterocycles. The number of rotatable bonds is 7. The minimum atomic E-state index is -0.0598. The summed E-state index contributed by atoms with van der Waals surface area (Å²) in [4.78, 5) is 12.6. The number of amides is 1. The number of aromatic nitrogens is 2. The molecule has 0 atom stereocenters. The number of hydrogen-bond donors (Lipinski definition) is 1. The largest absolute Gasteiger partial charge is 0.352 e. The first-order chi connectivity index (χ1) is 14.2. The van der Waals surface area contributed by atoms with E-state index >= 15 is 0 Å². The van der Waals surface area contributed by atoms with Crippen molar-refractivity contribution in [2.75, 3.05) is 6.54 Å². The van der Waals surface area contributed by atoms with Crippen LogP contribution in [0.2, 0.25) is 5.02 Å². The predicted octanol–water partition coefficient (Wildman–Crippen LogP) is 5.10. The molecule has 0 saturated heterocycles. The standard InChI is InChI=1S/C24H22ClN3O/c25-22-10-4-8-19(14-22)17-28-23-15-20(11-12-21(23)16-27-28)24(29)26-13-5-9-18-6-2-1-3-7-18/h1-4,6-8,10-12,14-16H,5,9,13,17H2,(H,26,29). The Morgan fingerprint density at radius 2 is 1.79 bits per heavy atom. The maximum atomic E-state index is 12.6. The molecular weight excluding hydrogens is 382 g/mol. The van der Waals surface area contributed by atoms with Crippen molar-refractivity contribution in [2.24, 2.45) is 0 Å². The maximum absolute atomic E-state index is 12.6. The third kappa shape index (κ3) is 4.84. The van der Waals surface area contributed by atoms with Gasteiger partial charge < -0.3 is 5.32 Å². The zero-order valence-corrected chi connectivity index (χ0v) is 16.8. The highest BCUT2D eigenvalue weighted by molar-refractivity contribution is 6.30. The summed E-state index contributed by atoms with van der Waals surface area (Å²) in [5.41, 5.74) is 3.93. The lowest BCUT2D eigenvalue weighted by Crippen LogP contribution is -2.24. The first kappa shape index (κ1) is 19.2. The van der Waals surface area contributed by atoms with Gasteiger partial charge in [0.1, 0.15) is 0 Å². The molecule has 0 fully saturated rings. The molecule has 4 nitrogen and oxygen atoms in total. The average molecular weight is 404 g/mol. The lowest BCUT2D eigenvalue weighted by molar-refractivity contribution is 0.0953. The van der Waals surface area contributed by atoms with Gasteiger partial charge in [-0.05, 0) is 48.2 Å². The Labute approximate surface area is 175 Å². The summed E-state index contributed by atoms with van der Waals surface area (Å²) in [5.74, 6) is -0.0598. The molecule has 0 bridgehead atoms. The van der Waals surface area contributed by atoms with Gasteiger partial charge in [-0.1, -0.05) is 60.1 Å². The fourth-order valence-electron chi connectivity index (χ4n) is 3.39. The zero-order valence-electron chi connectivity index (χ0n) is 16.0. The number of benzene rings is 3. The molecule has 0 spiro atoms. The number of halogens is 1. The normalized spacial score (nSPS) is 10.9. The van der Waals surface area contributed by atoms with Crippen molar-refractivity contribution >= 4 is 28.4 Å². The summed E-state index contributed by atoms with van der Waals surface area (Å²) in [7, 11) is 0. The number of aryl methyl sites for hydroxylation is 1. The molecule has 0 aliphatic heterocycles. The topological polar surface area (TPSA) is 46.9 Å². The Bertz CT molecular complexity index is 1120. The lowest BCUT2D eigenvalue weighted by Gasteiger charge is -2.08. The summed E-state index contributed by atoms with van der Waals surface area (Å²) >= 11 is 6.09. The Balaban J connectivity index is 1.41. The number of carbonyl (C=O) groups excluding carboxylic acids is 1. The van der Waals surface area contributed by atoms with E-state index in [0.717, 1.165) is 29.3 Å². The number of nitrogens with zero attached hydrogens (tertiary/aromatic N) is 2. The van der Waals surface area contributed by atoms with E-state index in [2.05, 4.69) is 22.5 Å². The summed E-state index contributed by atoms with van der Waals surface area (Å²) in [6.07, 6.45) is 3.68. The monoisotopic (exact) mass is 403 g/mol.